The van der Waals surface area contributed by atoms with Gasteiger partial charge in [0.15, 0.2) is 0 Å². The lowest BCUT2D eigenvalue weighted by molar-refractivity contribution is -0.147. The molecule has 1 unspecified atom stereocenters. The zero-order valence-corrected chi connectivity index (χ0v) is 32.6. The number of hydrogen-bond donors (Lipinski definition) is 2. The molecule has 0 saturated carbocycles. The Bertz CT molecular complexity index is 1190. The van der Waals surface area contributed by atoms with Crippen LogP contribution in [0.1, 0.15) is 67.2 Å². The van der Waals surface area contributed by atoms with Crippen LogP contribution >= 0.6 is 59.1 Å². The average Bonchev–Trinajstić information content (AvgIpc) is 2.98. The number of hydrogen-bond acceptors (Lipinski definition) is 9. The number of carbonyl (C=O) groups excluding carboxylic acids is 2. The first-order valence-corrected chi connectivity index (χ1v) is 20.7. The highest BCUT2D eigenvalue weighted by atomic mass is 35.9. The zero-order valence-electron chi connectivity index (χ0n) is 27.7. The van der Waals surface area contributed by atoms with E-state index in [1.54, 1.807) is 74.5 Å². The van der Waals surface area contributed by atoms with Gasteiger partial charge in [0.05, 0.1) is 13.2 Å². The summed E-state index contributed by atoms with van der Waals surface area (Å²) in [6.07, 6.45) is 0.528. The van der Waals surface area contributed by atoms with Gasteiger partial charge in [-0.25, -0.2) is 14.2 Å². The minimum atomic E-state index is -3.66. The third-order valence-corrected chi connectivity index (χ3v) is 8.70. The van der Waals surface area contributed by atoms with Crippen LogP contribution in [0.5, 0.6) is 11.5 Å². The highest BCUT2D eigenvalue weighted by Gasteiger charge is 2.28. The van der Waals surface area contributed by atoms with Gasteiger partial charge in [-0.1, -0.05) is 89.8 Å². The van der Waals surface area contributed by atoms with E-state index in [4.69, 9.17) is 53.5 Å². The highest BCUT2D eigenvalue weighted by Crippen LogP contribution is 2.57. The molecule has 0 aromatic heterocycles. The predicted molar refractivity (Wildman–Crippen MR) is 196 cm³/mol. The summed E-state index contributed by atoms with van der Waals surface area (Å²) in [7, 11) is 0. The largest absolute Gasteiger partial charge is 0.464 e. The van der Waals surface area contributed by atoms with Gasteiger partial charge in [0.25, 0.3) is 0 Å². The van der Waals surface area contributed by atoms with Gasteiger partial charge < -0.3 is 24.3 Å². The fourth-order valence-corrected chi connectivity index (χ4v) is 5.77. The van der Waals surface area contributed by atoms with Crippen LogP contribution in [0.2, 0.25) is 0 Å². The standard InChI is InChI=1S/C15H23ClNO4P.C9H19NO2.C6H5Cl2O2P.B.ClH/c1-4-13(5-2)11-20-15(18)12(3)17-22(16,19)21-14-9-7-6-8-10-14;1-4-8(5-2)6-12-9(11)7(3)10;7-11(8,9)10-6-4-2-1-3-5-6;;/h6-10,12-13H,4-5,11H2,1-3H3,(H,17,19);7-8H,4-6,10H2,1-3H3;1-5H;;1H/t12-,22?;7-;;;/m00.../s1. The van der Waals surface area contributed by atoms with Crippen molar-refractivity contribution in [1.29, 1.82) is 0 Å². The Morgan fingerprint density at radius 2 is 1.09 bits per heavy atom. The molecule has 3 N–H and O–H groups in total. The number of nitrogens with two attached hydrogens (primary N) is 1. The lowest BCUT2D eigenvalue weighted by Gasteiger charge is -2.19. The van der Waals surface area contributed by atoms with Crippen molar-refractivity contribution in [1.82, 2.24) is 5.09 Å². The van der Waals surface area contributed by atoms with Crippen molar-refractivity contribution >= 4 is 79.4 Å². The summed E-state index contributed by atoms with van der Waals surface area (Å²) in [6, 6.07) is 15.7. The van der Waals surface area contributed by atoms with Crippen LogP contribution < -0.4 is 19.9 Å². The molecule has 3 atom stereocenters. The second-order valence-corrected chi connectivity index (χ2v) is 16.9. The van der Waals surface area contributed by atoms with Crippen molar-refractivity contribution in [3.05, 3.63) is 60.7 Å². The Hall–Kier alpha value is -1.42. The predicted octanol–water partition coefficient (Wildman–Crippen LogP) is 9.37. The van der Waals surface area contributed by atoms with Gasteiger partial charge in [-0.05, 0) is 49.9 Å². The molecule has 0 aliphatic rings. The lowest BCUT2D eigenvalue weighted by atomic mass is 10.1. The number of nitrogens with one attached hydrogen (secondary N) is 1. The number of halogens is 4. The van der Waals surface area contributed by atoms with Crippen molar-refractivity contribution in [3.63, 3.8) is 0 Å². The van der Waals surface area contributed by atoms with Crippen molar-refractivity contribution in [2.24, 2.45) is 17.6 Å². The number of carbonyl (C=O) groups is 2. The number of benzene rings is 2. The number of rotatable bonds is 16. The minimum Gasteiger partial charge on any atom is -0.464 e. The Labute approximate surface area is 302 Å². The molecule has 0 fully saturated rings. The maximum Gasteiger partial charge on any atom is 0.428 e. The van der Waals surface area contributed by atoms with Crippen LogP contribution in [0.4, 0.5) is 0 Å². The molecule has 0 saturated heterocycles. The first kappa shape index (κ1) is 50.0. The lowest BCUT2D eigenvalue weighted by Crippen LogP contribution is -2.34. The third kappa shape index (κ3) is 26.2. The molecule has 2 aromatic carbocycles. The smallest absolute Gasteiger partial charge is 0.428 e. The van der Waals surface area contributed by atoms with E-state index in [1.165, 1.54) is 0 Å². The highest BCUT2D eigenvalue weighted by molar-refractivity contribution is 8.05. The number of esters is 2. The van der Waals surface area contributed by atoms with E-state index in [9.17, 15) is 18.7 Å². The topological polar surface area (TPSA) is 143 Å². The molecular formula is C30H48BCl4N2O8P2. The molecule has 267 valence electrons. The second kappa shape index (κ2) is 27.4. The van der Waals surface area contributed by atoms with E-state index < -0.39 is 31.0 Å². The van der Waals surface area contributed by atoms with Crippen LogP contribution in [0.15, 0.2) is 60.7 Å². The molecule has 0 aliphatic carbocycles. The first-order valence-electron chi connectivity index (χ1n) is 14.7. The van der Waals surface area contributed by atoms with E-state index >= 15 is 0 Å². The summed E-state index contributed by atoms with van der Waals surface area (Å²) in [5.41, 5.74) is 5.33. The molecular weight excluding hydrogens is 731 g/mol. The Kier molecular flexibility index (Phi) is 29.1. The van der Waals surface area contributed by atoms with E-state index in [-0.39, 0.29) is 26.8 Å². The van der Waals surface area contributed by atoms with Gasteiger partial charge in [-0.15, -0.1) is 12.4 Å². The molecule has 17 heteroatoms. The molecule has 0 heterocycles. The molecule has 3 radical (unpaired) electrons. The molecule has 0 aliphatic heterocycles. The van der Waals surface area contributed by atoms with Crippen LogP contribution in [0.3, 0.4) is 0 Å². The van der Waals surface area contributed by atoms with Gasteiger partial charge in [0.2, 0.25) is 0 Å². The SMILES string of the molecule is CCC(CC)COC(=O)[C@H](C)N.CCC(CC)COC(=O)[C@H](C)NP(=O)(Cl)Oc1ccccc1.Cl.O=P(Cl)(Cl)Oc1ccccc1.[B]. The Morgan fingerprint density at radius 3 is 1.43 bits per heavy atom. The quantitative estimate of drug-likeness (QED) is 0.0961. The fourth-order valence-electron chi connectivity index (χ4n) is 3.24. The van der Waals surface area contributed by atoms with E-state index in [0.29, 0.717) is 36.5 Å². The monoisotopic (exact) mass is 777 g/mol. The van der Waals surface area contributed by atoms with Gasteiger partial charge >= 0.3 is 24.9 Å². The number of ether oxygens (including phenoxy) is 2. The fraction of sp³-hybridized carbons (Fsp3) is 0.533. The van der Waals surface area contributed by atoms with Crippen molar-refractivity contribution < 1.29 is 37.2 Å². The van der Waals surface area contributed by atoms with Gasteiger partial charge in [0, 0.05) is 42.1 Å². The zero-order chi connectivity index (χ0) is 34.5. The second-order valence-electron chi connectivity index (χ2n) is 9.97. The molecule has 0 amide bonds. The summed E-state index contributed by atoms with van der Waals surface area (Å²) in [5, 5.41) is 2.49. The summed E-state index contributed by atoms with van der Waals surface area (Å²) in [6.45, 7) is 8.64. The molecule has 10 nitrogen and oxygen atoms in total. The summed E-state index contributed by atoms with van der Waals surface area (Å²) >= 11 is 16.2. The van der Waals surface area contributed by atoms with Crippen molar-refractivity contribution in [3.8, 4) is 11.5 Å². The van der Waals surface area contributed by atoms with Crippen LogP contribution in [-0.2, 0) is 28.2 Å². The Balaban J connectivity index is -0.000000660. The van der Waals surface area contributed by atoms with Crippen LogP contribution in [0, 0.1) is 11.8 Å². The minimum absolute atomic E-state index is 0. The van der Waals surface area contributed by atoms with E-state index in [2.05, 4.69) is 23.5 Å². The van der Waals surface area contributed by atoms with Gasteiger partial charge in [0.1, 0.15) is 23.6 Å². The van der Waals surface area contributed by atoms with Crippen LogP contribution in [-0.4, -0.2) is 45.6 Å². The molecule has 0 spiro atoms. The van der Waals surface area contributed by atoms with Gasteiger partial charge in [-0.3, -0.25) is 9.59 Å². The maximum atomic E-state index is 12.2. The average molecular weight is 779 g/mol. The summed E-state index contributed by atoms with van der Waals surface area (Å²) in [5.74, 6) is 0.783. The Morgan fingerprint density at radius 1 is 0.723 bits per heavy atom. The van der Waals surface area contributed by atoms with Gasteiger partial charge in [-0.2, -0.15) is 0 Å². The summed E-state index contributed by atoms with van der Waals surface area (Å²) in [4.78, 5) is 22.8. The normalized spacial score (nSPS) is 13.0. The third-order valence-electron chi connectivity index (χ3n) is 6.23. The molecule has 2 rings (SSSR count). The number of para-hydroxylation sites is 2. The molecule has 2 aromatic rings. The van der Waals surface area contributed by atoms with Crippen LogP contribution in [0.25, 0.3) is 0 Å². The molecule has 47 heavy (non-hydrogen) atoms. The molecule has 0 bridgehead atoms. The van der Waals surface area contributed by atoms with E-state index in [1.807, 2.05) is 13.8 Å². The maximum absolute atomic E-state index is 12.2. The van der Waals surface area contributed by atoms with Crippen molar-refractivity contribution in [2.75, 3.05) is 13.2 Å². The summed E-state index contributed by atoms with van der Waals surface area (Å²) < 4.78 is 42.9. The first-order chi connectivity index (χ1) is 21.1. The van der Waals surface area contributed by atoms with Crippen molar-refractivity contribution in [2.45, 2.75) is 79.3 Å². The van der Waals surface area contributed by atoms with E-state index in [0.717, 1.165) is 25.7 Å².